The molecule has 6 heteroatoms. The summed E-state index contributed by atoms with van der Waals surface area (Å²) < 4.78 is 0.836. The summed E-state index contributed by atoms with van der Waals surface area (Å²) in [7, 11) is 0. The first-order valence-corrected chi connectivity index (χ1v) is 8.99. The second-order valence-electron chi connectivity index (χ2n) is 6.48. The number of carbonyl (C=O) groups excluding carboxylic acids is 1. The highest BCUT2D eigenvalue weighted by Gasteiger charge is 2.38. The van der Waals surface area contributed by atoms with Crippen molar-refractivity contribution >= 4 is 38.4 Å². The molecule has 4 rings (SSSR count). The van der Waals surface area contributed by atoms with Gasteiger partial charge in [0, 0.05) is 21.9 Å². The monoisotopic (exact) mass is 374 g/mol. The molecule has 2 aliphatic carbocycles. The normalized spacial score (nSPS) is 18.5. The van der Waals surface area contributed by atoms with Crippen LogP contribution in [0.15, 0.2) is 22.7 Å². The highest BCUT2D eigenvalue weighted by atomic mass is 79.9. The van der Waals surface area contributed by atoms with Crippen molar-refractivity contribution in [2.45, 2.75) is 50.6 Å². The van der Waals surface area contributed by atoms with Crippen LogP contribution in [-0.4, -0.2) is 33.1 Å². The van der Waals surface area contributed by atoms with Crippen molar-refractivity contribution < 1.29 is 4.79 Å². The van der Waals surface area contributed by atoms with Gasteiger partial charge < -0.3 is 10.6 Å². The fourth-order valence-corrected chi connectivity index (χ4v) is 3.80. The molecule has 120 valence electrons. The Hall–Kier alpha value is -1.69. The number of anilines is 1. The van der Waals surface area contributed by atoms with Crippen LogP contribution in [0.5, 0.6) is 0 Å². The Kier molecular flexibility index (Phi) is 3.71. The van der Waals surface area contributed by atoms with Crippen LogP contribution < -0.4 is 5.73 Å². The number of hydrogen-bond donors (Lipinski definition) is 1. The minimum atomic E-state index is -0.0497. The molecule has 2 fully saturated rings. The first-order chi connectivity index (χ1) is 11.2. The Morgan fingerprint density at radius 2 is 1.78 bits per heavy atom. The molecule has 0 spiro atoms. The molecule has 2 saturated carbocycles. The van der Waals surface area contributed by atoms with Gasteiger partial charge in [0.05, 0.1) is 5.69 Å². The number of halogens is 1. The minimum absolute atomic E-state index is 0.0497. The third-order valence-electron chi connectivity index (χ3n) is 5.16. The number of nitrogens with zero attached hydrogens (tertiary/aromatic N) is 3. The van der Waals surface area contributed by atoms with Crippen LogP contribution >= 0.6 is 15.9 Å². The maximum absolute atomic E-state index is 13.1. The van der Waals surface area contributed by atoms with Crippen LogP contribution in [0.25, 0.3) is 10.9 Å². The molecule has 0 aliphatic heterocycles. The number of rotatable bonds is 3. The third-order valence-corrected chi connectivity index (χ3v) is 5.80. The molecule has 0 atom stereocenters. The van der Waals surface area contributed by atoms with Gasteiger partial charge in [-0.1, -0.05) is 12.1 Å². The zero-order chi connectivity index (χ0) is 16.0. The highest BCUT2D eigenvalue weighted by molar-refractivity contribution is 9.10. The quantitative estimate of drug-likeness (QED) is 0.891. The summed E-state index contributed by atoms with van der Waals surface area (Å²) in [5.74, 6) is -0.0497. The SMILES string of the molecule is Nc1c(C(=O)N(C2CCC2)C2CCC2)nnc2c(Br)cccc12. The Labute approximate surface area is 143 Å². The van der Waals surface area contributed by atoms with E-state index in [0.717, 1.165) is 35.5 Å². The molecule has 0 bridgehead atoms. The number of fused-ring (bicyclic) bond motifs is 1. The first-order valence-electron chi connectivity index (χ1n) is 8.20. The smallest absolute Gasteiger partial charge is 0.277 e. The van der Waals surface area contributed by atoms with Crippen LogP contribution in [0.1, 0.15) is 49.0 Å². The highest BCUT2D eigenvalue weighted by Crippen LogP contribution is 2.36. The van der Waals surface area contributed by atoms with E-state index in [-0.39, 0.29) is 5.91 Å². The summed E-state index contributed by atoms with van der Waals surface area (Å²) in [5, 5.41) is 9.18. The van der Waals surface area contributed by atoms with Gasteiger partial charge in [-0.2, -0.15) is 0 Å². The van der Waals surface area contributed by atoms with Crippen molar-refractivity contribution in [3.05, 3.63) is 28.4 Å². The first kappa shape index (κ1) is 14.9. The van der Waals surface area contributed by atoms with Crippen LogP contribution in [0, 0.1) is 0 Å². The molecule has 2 aromatic rings. The number of nitrogen functional groups attached to an aromatic ring is 1. The summed E-state index contributed by atoms with van der Waals surface area (Å²) in [6.07, 6.45) is 6.77. The van der Waals surface area contributed by atoms with E-state index in [2.05, 4.69) is 26.1 Å². The minimum Gasteiger partial charge on any atom is -0.396 e. The molecule has 23 heavy (non-hydrogen) atoms. The second-order valence-corrected chi connectivity index (χ2v) is 7.33. The number of benzene rings is 1. The number of nitrogens with two attached hydrogens (primary N) is 1. The molecule has 5 nitrogen and oxygen atoms in total. The molecule has 0 unspecified atom stereocenters. The van der Waals surface area contributed by atoms with Crippen molar-refractivity contribution in [1.82, 2.24) is 15.1 Å². The molecule has 1 heterocycles. The van der Waals surface area contributed by atoms with E-state index in [9.17, 15) is 4.79 Å². The molecular weight excluding hydrogens is 356 g/mol. The molecule has 2 N–H and O–H groups in total. The maximum atomic E-state index is 13.1. The second kappa shape index (κ2) is 5.74. The average molecular weight is 375 g/mol. The zero-order valence-corrected chi connectivity index (χ0v) is 14.4. The Bertz CT molecular complexity index is 757. The van der Waals surface area contributed by atoms with Gasteiger partial charge in [-0.3, -0.25) is 4.79 Å². The summed E-state index contributed by atoms with van der Waals surface area (Å²) in [6.45, 7) is 0. The van der Waals surface area contributed by atoms with E-state index >= 15 is 0 Å². The van der Waals surface area contributed by atoms with Crippen LogP contribution in [0.2, 0.25) is 0 Å². The van der Waals surface area contributed by atoms with Gasteiger partial charge in [0.1, 0.15) is 5.52 Å². The van der Waals surface area contributed by atoms with Gasteiger partial charge in [0.15, 0.2) is 5.69 Å². The fraction of sp³-hybridized carbons (Fsp3) is 0.471. The molecular formula is C17H19BrN4O. The van der Waals surface area contributed by atoms with Gasteiger partial charge in [0.25, 0.3) is 5.91 Å². The van der Waals surface area contributed by atoms with Crippen LogP contribution in [0.3, 0.4) is 0 Å². The molecule has 1 amide bonds. The van der Waals surface area contributed by atoms with Crippen LogP contribution in [-0.2, 0) is 0 Å². The number of aromatic nitrogens is 2. The lowest BCUT2D eigenvalue weighted by Gasteiger charge is -2.46. The largest absolute Gasteiger partial charge is 0.396 e. The summed E-state index contributed by atoms with van der Waals surface area (Å²) in [4.78, 5) is 15.1. The van der Waals surface area contributed by atoms with E-state index in [4.69, 9.17) is 5.73 Å². The zero-order valence-electron chi connectivity index (χ0n) is 12.8. The van der Waals surface area contributed by atoms with Gasteiger partial charge in [-0.15, -0.1) is 10.2 Å². The molecule has 0 radical (unpaired) electrons. The predicted molar refractivity (Wildman–Crippen MR) is 93.1 cm³/mol. The van der Waals surface area contributed by atoms with E-state index in [1.807, 2.05) is 23.1 Å². The van der Waals surface area contributed by atoms with E-state index in [1.165, 1.54) is 12.8 Å². The van der Waals surface area contributed by atoms with Gasteiger partial charge >= 0.3 is 0 Å². The average Bonchev–Trinajstić information content (AvgIpc) is 2.43. The van der Waals surface area contributed by atoms with Gasteiger partial charge in [-0.25, -0.2) is 0 Å². The Morgan fingerprint density at radius 3 is 2.35 bits per heavy atom. The van der Waals surface area contributed by atoms with Gasteiger partial charge in [-0.05, 0) is 60.5 Å². The maximum Gasteiger partial charge on any atom is 0.277 e. The summed E-state index contributed by atoms with van der Waals surface area (Å²) >= 11 is 3.46. The van der Waals surface area contributed by atoms with E-state index in [1.54, 1.807) is 0 Å². The van der Waals surface area contributed by atoms with Crippen LogP contribution in [0.4, 0.5) is 5.69 Å². The number of hydrogen-bond acceptors (Lipinski definition) is 4. The van der Waals surface area contributed by atoms with Crippen molar-refractivity contribution in [3.63, 3.8) is 0 Å². The van der Waals surface area contributed by atoms with Crippen molar-refractivity contribution in [2.75, 3.05) is 5.73 Å². The summed E-state index contributed by atoms with van der Waals surface area (Å²) in [6, 6.07) is 6.39. The summed E-state index contributed by atoms with van der Waals surface area (Å²) in [5.41, 5.74) is 7.71. The molecule has 1 aromatic carbocycles. The topological polar surface area (TPSA) is 72.1 Å². The lowest BCUT2D eigenvalue weighted by atomic mass is 9.84. The predicted octanol–water partition coefficient (Wildman–Crippen LogP) is 3.52. The lowest BCUT2D eigenvalue weighted by Crippen LogP contribution is -2.53. The standard InChI is InChI=1S/C17H19BrN4O/c18-13-9-3-8-12-14(19)16(21-20-15(12)13)17(23)22(10-4-1-5-10)11-6-2-7-11/h3,8-11H,1-2,4-7H2,(H2,19,20). The van der Waals surface area contributed by atoms with E-state index in [0.29, 0.717) is 29.0 Å². The number of amides is 1. The van der Waals surface area contributed by atoms with Crippen molar-refractivity contribution in [2.24, 2.45) is 0 Å². The molecule has 1 aromatic heterocycles. The fourth-order valence-electron chi connectivity index (χ4n) is 3.36. The number of carbonyl (C=O) groups is 1. The lowest BCUT2D eigenvalue weighted by molar-refractivity contribution is 0.0280. The molecule has 0 saturated heterocycles. The third kappa shape index (κ3) is 2.40. The Balaban J connectivity index is 1.74. The van der Waals surface area contributed by atoms with Crippen molar-refractivity contribution in [3.8, 4) is 0 Å². The van der Waals surface area contributed by atoms with E-state index < -0.39 is 0 Å². The van der Waals surface area contributed by atoms with Crippen molar-refractivity contribution in [1.29, 1.82) is 0 Å². The van der Waals surface area contributed by atoms with Gasteiger partial charge in [0.2, 0.25) is 0 Å². The Morgan fingerprint density at radius 1 is 1.13 bits per heavy atom. The molecule has 2 aliphatic rings.